The number of thioether (sulfide) groups is 1. The van der Waals surface area contributed by atoms with Gasteiger partial charge in [-0.3, -0.25) is 9.69 Å². The van der Waals surface area contributed by atoms with Crippen LogP contribution in [0.3, 0.4) is 0 Å². The normalized spacial score (nSPS) is 20.3. The third-order valence-electron chi connectivity index (χ3n) is 4.35. The fourth-order valence-corrected chi connectivity index (χ4v) is 4.03. The Kier molecular flexibility index (Phi) is 4.83. The number of anilines is 1. The maximum Gasteiger partial charge on any atom is 0.241 e. The Labute approximate surface area is 130 Å². The maximum absolute atomic E-state index is 12.6. The van der Waals surface area contributed by atoms with Crippen molar-refractivity contribution in [2.24, 2.45) is 5.92 Å². The Morgan fingerprint density at radius 3 is 2.76 bits per heavy atom. The second-order valence-electron chi connectivity index (χ2n) is 5.76. The van der Waals surface area contributed by atoms with Gasteiger partial charge in [0, 0.05) is 23.8 Å². The van der Waals surface area contributed by atoms with Crippen LogP contribution in [0, 0.1) is 5.92 Å². The number of aliphatic hydroxyl groups excluding tert-OH is 1. The van der Waals surface area contributed by atoms with Crippen molar-refractivity contribution in [2.45, 2.75) is 17.7 Å². The van der Waals surface area contributed by atoms with Crippen LogP contribution < -0.4 is 4.90 Å². The zero-order valence-corrected chi connectivity index (χ0v) is 13.0. The Hall–Kier alpha value is -1.04. The summed E-state index contributed by atoms with van der Waals surface area (Å²) in [7, 11) is 0. The standard InChI is InChI=1S/C16H22N2O2S/c19-12-13-5-7-17(8-6-13)11-16(20)18-9-10-21-15-4-2-1-3-14(15)18/h1-4,13,19H,5-12H2. The molecule has 1 fully saturated rings. The molecule has 0 aliphatic carbocycles. The summed E-state index contributed by atoms with van der Waals surface area (Å²) in [5.41, 5.74) is 1.06. The molecule has 4 nitrogen and oxygen atoms in total. The topological polar surface area (TPSA) is 43.8 Å². The molecule has 1 saturated heterocycles. The van der Waals surface area contributed by atoms with Gasteiger partial charge in [-0.05, 0) is 44.0 Å². The minimum atomic E-state index is 0.199. The van der Waals surface area contributed by atoms with E-state index in [1.807, 2.05) is 34.9 Å². The summed E-state index contributed by atoms with van der Waals surface area (Å²) in [6, 6.07) is 8.15. The highest BCUT2D eigenvalue weighted by atomic mass is 32.2. The van der Waals surface area contributed by atoms with Gasteiger partial charge in [0.15, 0.2) is 0 Å². The van der Waals surface area contributed by atoms with Crippen molar-refractivity contribution in [1.82, 2.24) is 4.90 Å². The lowest BCUT2D eigenvalue weighted by molar-refractivity contribution is -0.120. The van der Waals surface area contributed by atoms with E-state index in [0.717, 1.165) is 43.9 Å². The van der Waals surface area contributed by atoms with Gasteiger partial charge in [0.1, 0.15) is 0 Å². The van der Waals surface area contributed by atoms with Crippen LogP contribution in [-0.4, -0.2) is 54.5 Å². The summed E-state index contributed by atoms with van der Waals surface area (Å²) < 4.78 is 0. The SMILES string of the molecule is O=C(CN1CCC(CO)CC1)N1CCSc2ccccc21. The van der Waals surface area contributed by atoms with Gasteiger partial charge in [-0.25, -0.2) is 0 Å². The van der Waals surface area contributed by atoms with Gasteiger partial charge >= 0.3 is 0 Å². The lowest BCUT2D eigenvalue weighted by Crippen LogP contribution is -2.45. The van der Waals surface area contributed by atoms with Crippen molar-refractivity contribution >= 4 is 23.4 Å². The van der Waals surface area contributed by atoms with E-state index in [9.17, 15) is 9.90 Å². The highest BCUT2D eigenvalue weighted by molar-refractivity contribution is 7.99. The number of benzene rings is 1. The molecule has 0 bridgehead atoms. The van der Waals surface area contributed by atoms with Crippen LogP contribution in [0.5, 0.6) is 0 Å². The number of carbonyl (C=O) groups is 1. The lowest BCUT2D eigenvalue weighted by Gasteiger charge is -2.34. The molecule has 1 aromatic carbocycles. The fourth-order valence-electron chi connectivity index (χ4n) is 3.03. The van der Waals surface area contributed by atoms with Crippen molar-refractivity contribution in [2.75, 3.05) is 43.4 Å². The molecular formula is C16H22N2O2S. The smallest absolute Gasteiger partial charge is 0.241 e. The van der Waals surface area contributed by atoms with Crippen LogP contribution >= 0.6 is 11.8 Å². The number of piperidine rings is 1. The van der Waals surface area contributed by atoms with Crippen molar-refractivity contribution in [3.05, 3.63) is 24.3 Å². The van der Waals surface area contributed by atoms with Crippen LogP contribution in [0.1, 0.15) is 12.8 Å². The van der Waals surface area contributed by atoms with Crippen LogP contribution in [0.2, 0.25) is 0 Å². The minimum absolute atomic E-state index is 0.199. The second kappa shape index (κ2) is 6.81. The molecule has 0 aromatic heterocycles. The molecule has 0 spiro atoms. The second-order valence-corrected chi connectivity index (χ2v) is 6.90. The Morgan fingerprint density at radius 1 is 1.24 bits per heavy atom. The predicted molar refractivity (Wildman–Crippen MR) is 85.8 cm³/mol. The summed E-state index contributed by atoms with van der Waals surface area (Å²) in [6.07, 6.45) is 1.99. The summed E-state index contributed by atoms with van der Waals surface area (Å²) in [6.45, 7) is 3.41. The largest absolute Gasteiger partial charge is 0.396 e. The summed E-state index contributed by atoms with van der Waals surface area (Å²) in [5.74, 6) is 1.59. The van der Waals surface area contributed by atoms with Crippen LogP contribution in [0.4, 0.5) is 5.69 Å². The number of nitrogens with zero attached hydrogens (tertiary/aromatic N) is 2. The molecule has 2 heterocycles. The van der Waals surface area contributed by atoms with Gasteiger partial charge in [0.2, 0.25) is 5.91 Å². The van der Waals surface area contributed by atoms with Crippen molar-refractivity contribution in [3.63, 3.8) is 0 Å². The first-order valence-corrected chi connectivity index (χ1v) is 8.62. The van der Waals surface area contributed by atoms with Crippen molar-refractivity contribution in [3.8, 4) is 0 Å². The first-order chi connectivity index (χ1) is 10.3. The first-order valence-electron chi connectivity index (χ1n) is 7.63. The Balaban J connectivity index is 1.62. The van der Waals surface area contributed by atoms with Gasteiger partial charge in [0.05, 0.1) is 12.2 Å². The van der Waals surface area contributed by atoms with Crippen LogP contribution in [0.15, 0.2) is 29.2 Å². The molecule has 5 heteroatoms. The Morgan fingerprint density at radius 2 is 2.00 bits per heavy atom. The van der Waals surface area contributed by atoms with E-state index in [1.54, 1.807) is 0 Å². The number of hydrogen-bond donors (Lipinski definition) is 1. The molecular weight excluding hydrogens is 284 g/mol. The number of amides is 1. The average molecular weight is 306 g/mol. The summed E-state index contributed by atoms with van der Waals surface area (Å²) >= 11 is 1.82. The zero-order chi connectivity index (χ0) is 14.7. The van der Waals surface area contributed by atoms with E-state index >= 15 is 0 Å². The van der Waals surface area contributed by atoms with E-state index in [-0.39, 0.29) is 12.5 Å². The zero-order valence-electron chi connectivity index (χ0n) is 12.2. The molecule has 1 amide bonds. The number of carbonyl (C=O) groups excluding carboxylic acids is 1. The molecule has 1 N–H and O–H groups in total. The molecule has 1 aromatic rings. The molecule has 2 aliphatic heterocycles. The van der Waals surface area contributed by atoms with Gasteiger partial charge in [-0.15, -0.1) is 11.8 Å². The predicted octanol–water partition coefficient (Wildman–Crippen LogP) is 1.83. The number of fused-ring (bicyclic) bond motifs is 1. The molecule has 21 heavy (non-hydrogen) atoms. The third-order valence-corrected chi connectivity index (χ3v) is 5.40. The van der Waals surface area contributed by atoms with E-state index in [0.29, 0.717) is 12.5 Å². The molecule has 2 aliphatic rings. The van der Waals surface area contributed by atoms with Crippen LogP contribution in [-0.2, 0) is 4.79 Å². The first kappa shape index (κ1) is 14.9. The van der Waals surface area contributed by atoms with E-state index in [2.05, 4.69) is 11.0 Å². The van der Waals surface area contributed by atoms with Gasteiger partial charge in [0.25, 0.3) is 0 Å². The van der Waals surface area contributed by atoms with Crippen LogP contribution in [0.25, 0.3) is 0 Å². The minimum Gasteiger partial charge on any atom is -0.396 e. The van der Waals surface area contributed by atoms with E-state index in [4.69, 9.17) is 0 Å². The molecule has 3 rings (SSSR count). The number of rotatable bonds is 3. The maximum atomic E-state index is 12.6. The quantitative estimate of drug-likeness (QED) is 0.925. The van der Waals surface area contributed by atoms with Gasteiger partial charge in [-0.2, -0.15) is 0 Å². The monoisotopic (exact) mass is 306 g/mol. The molecule has 0 unspecified atom stereocenters. The fraction of sp³-hybridized carbons (Fsp3) is 0.562. The highest BCUT2D eigenvalue weighted by Crippen LogP contribution is 2.34. The summed E-state index contributed by atoms with van der Waals surface area (Å²) in [4.78, 5) is 18.0. The number of likely N-dealkylation sites (tertiary alicyclic amines) is 1. The number of hydrogen-bond acceptors (Lipinski definition) is 4. The molecule has 0 radical (unpaired) electrons. The number of para-hydroxylation sites is 1. The highest BCUT2D eigenvalue weighted by Gasteiger charge is 2.26. The van der Waals surface area contributed by atoms with E-state index in [1.165, 1.54) is 4.90 Å². The van der Waals surface area contributed by atoms with Gasteiger partial charge in [-0.1, -0.05) is 12.1 Å². The lowest BCUT2D eigenvalue weighted by atomic mass is 9.98. The Bertz CT molecular complexity index is 501. The summed E-state index contributed by atoms with van der Waals surface area (Å²) in [5, 5.41) is 9.18. The number of aliphatic hydroxyl groups is 1. The molecule has 0 atom stereocenters. The molecule has 0 saturated carbocycles. The third kappa shape index (κ3) is 3.42. The van der Waals surface area contributed by atoms with Gasteiger partial charge < -0.3 is 10.0 Å². The average Bonchev–Trinajstić information content (AvgIpc) is 2.55. The van der Waals surface area contributed by atoms with Crippen molar-refractivity contribution in [1.29, 1.82) is 0 Å². The molecule has 114 valence electrons. The van der Waals surface area contributed by atoms with E-state index < -0.39 is 0 Å². The van der Waals surface area contributed by atoms with Crippen molar-refractivity contribution < 1.29 is 9.90 Å².